The Bertz CT molecular complexity index is 353. The molecule has 1 atom stereocenters. The van der Waals surface area contributed by atoms with Crippen molar-refractivity contribution in [3.63, 3.8) is 0 Å². The van der Waals surface area contributed by atoms with Crippen LogP contribution in [0, 0.1) is 17.2 Å². The van der Waals surface area contributed by atoms with Crippen molar-refractivity contribution in [2.75, 3.05) is 19.6 Å². The van der Waals surface area contributed by atoms with Crippen LogP contribution in [0.2, 0.25) is 0 Å². The van der Waals surface area contributed by atoms with Gasteiger partial charge in [0.25, 0.3) is 0 Å². The van der Waals surface area contributed by atoms with Gasteiger partial charge in [-0.1, -0.05) is 30.3 Å². The average molecular weight is 214 g/mol. The van der Waals surface area contributed by atoms with E-state index >= 15 is 0 Å². The van der Waals surface area contributed by atoms with Gasteiger partial charge in [0, 0.05) is 19.5 Å². The fourth-order valence-corrected chi connectivity index (χ4v) is 2.34. The van der Waals surface area contributed by atoms with E-state index in [2.05, 4.69) is 41.3 Å². The molecule has 84 valence electrons. The van der Waals surface area contributed by atoms with E-state index in [1.165, 1.54) is 18.5 Å². The summed E-state index contributed by atoms with van der Waals surface area (Å²) in [5.41, 5.74) is 1.41. The lowest BCUT2D eigenvalue weighted by molar-refractivity contribution is 0.329. The van der Waals surface area contributed by atoms with Gasteiger partial charge in [0.1, 0.15) is 0 Å². The van der Waals surface area contributed by atoms with E-state index in [1.807, 2.05) is 0 Å². The van der Waals surface area contributed by atoms with Crippen LogP contribution < -0.4 is 0 Å². The Morgan fingerprint density at radius 3 is 2.88 bits per heavy atom. The third kappa shape index (κ3) is 3.08. The molecule has 0 radical (unpaired) electrons. The van der Waals surface area contributed by atoms with Gasteiger partial charge in [0.2, 0.25) is 0 Å². The summed E-state index contributed by atoms with van der Waals surface area (Å²) >= 11 is 0. The van der Waals surface area contributed by atoms with E-state index in [0.717, 1.165) is 25.9 Å². The summed E-state index contributed by atoms with van der Waals surface area (Å²) in [6.45, 7) is 3.41. The highest BCUT2D eigenvalue weighted by Crippen LogP contribution is 2.19. The summed E-state index contributed by atoms with van der Waals surface area (Å²) in [7, 11) is 0. The third-order valence-electron chi connectivity index (χ3n) is 3.31. The third-order valence-corrected chi connectivity index (χ3v) is 3.31. The molecule has 0 N–H and O–H groups in total. The largest absolute Gasteiger partial charge is 0.303 e. The molecule has 0 aromatic heterocycles. The van der Waals surface area contributed by atoms with Crippen LogP contribution in [0.1, 0.15) is 18.4 Å². The fraction of sp³-hybridized carbons (Fsp3) is 0.500. The molecule has 2 heteroatoms. The van der Waals surface area contributed by atoms with Gasteiger partial charge in [-0.25, -0.2) is 0 Å². The highest BCUT2D eigenvalue weighted by Gasteiger charge is 2.21. The Morgan fingerprint density at radius 1 is 1.31 bits per heavy atom. The van der Waals surface area contributed by atoms with Crippen molar-refractivity contribution in [1.82, 2.24) is 4.90 Å². The molecule has 1 aromatic rings. The van der Waals surface area contributed by atoms with Crippen LogP contribution in [0.3, 0.4) is 0 Å². The maximum Gasteiger partial charge on any atom is 0.0625 e. The molecule has 0 amide bonds. The van der Waals surface area contributed by atoms with Crippen molar-refractivity contribution in [1.29, 1.82) is 5.26 Å². The number of nitrogens with zero attached hydrogens (tertiary/aromatic N) is 2. The molecule has 2 nitrogen and oxygen atoms in total. The van der Waals surface area contributed by atoms with Gasteiger partial charge in [-0.3, -0.25) is 0 Å². The molecular formula is C14H18N2. The molecule has 1 heterocycles. The van der Waals surface area contributed by atoms with E-state index in [0.29, 0.717) is 5.92 Å². The van der Waals surface area contributed by atoms with Gasteiger partial charge in [0.05, 0.1) is 6.07 Å². The Morgan fingerprint density at radius 2 is 2.12 bits per heavy atom. The van der Waals surface area contributed by atoms with Gasteiger partial charge in [-0.05, 0) is 30.9 Å². The second-order valence-corrected chi connectivity index (χ2v) is 4.55. The zero-order valence-electron chi connectivity index (χ0n) is 9.60. The summed E-state index contributed by atoms with van der Waals surface area (Å²) < 4.78 is 0. The van der Waals surface area contributed by atoms with E-state index in [-0.39, 0.29) is 0 Å². The molecule has 1 aromatic carbocycles. The van der Waals surface area contributed by atoms with Crippen LogP contribution in [-0.2, 0) is 6.42 Å². The Kier molecular flexibility index (Phi) is 3.96. The summed E-state index contributed by atoms with van der Waals surface area (Å²) in [6.07, 6.45) is 3.05. The summed E-state index contributed by atoms with van der Waals surface area (Å²) in [5.74, 6) is 0.612. The maximum atomic E-state index is 8.65. The van der Waals surface area contributed by atoms with E-state index in [1.54, 1.807) is 0 Å². The second-order valence-electron chi connectivity index (χ2n) is 4.55. The molecule has 1 aliphatic rings. The highest BCUT2D eigenvalue weighted by atomic mass is 15.1. The Labute approximate surface area is 97.5 Å². The number of hydrogen-bond acceptors (Lipinski definition) is 2. The number of benzene rings is 1. The van der Waals surface area contributed by atoms with Crippen LogP contribution in [-0.4, -0.2) is 24.5 Å². The lowest BCUT2D eigenvalue weighted by Gasteiger charge is -2.15. The van der Waals surface area contributed by atoms with Gasteiger partial charge >= 0.3 is 0 Å². The first kappa shape index (κ1) is 11.2. The van der Waals surface area contributed by atoms with E-state index in [4.69, 9.17) is 5.26 Å². The van der Waals surface area contributed by atoms with Crippen molar-refractivity contribution in [2.45, 2.75) is 19.3 Å². The van der Waals surface area contributed by atoms with Crippen LogP contribution in [0.25, 0.3) is 0 Å². The average Bonchev–Trinajstić information content (AvgIpc) is 2.76. The zero-order chi connectivity index (χ0) is 11.2. The standard InChI is InChI=1S/C14H18N2/c15-9-6-14-8-11-16(12-14)10-7-13-4-2-1-3-5-13/h1-5,14H,6-8,10-12H2. The van der Waals surface area contributed by atoms with Crippen LogP contribution in [0.15, 0.2) is 30.3 Å². The van der Waals surface area contributed by atoms with Crippen molar-refractivity contribution in [2.24, 2.45) is 5.92 Å². The highest BCUT2D eigenvalue weighted by molar-refractivity contribution is 5.14. The van der Waals surface area contributed by atoms with E-state index in [9.17, 15) is 0 Å². The second kappa shape index (κ2) is 5.67. The SMILES string of the molecule is N#CCC1CCN(CCc2ccccc2)C1. The van der Waals surface area contributed by atoms with Gasteiger partial charge in [-0.15, -0.1) is 0 Å². The molecule has 1 fully saturated rings. The molecule has 1 saturated heterocycles. The molecular weight excluding hydrogens is 196 g/mol. The summed E-state index contributed by atoms with van der Waals surface area (Å²) in [6, 6.07) is 12.9. The normalized spacial score (nSPS) is 20.8. The van der Waals surface area contributed by atoms with Gasteiger partial charge in [0.15, 0.2) is 0 Å². The number of likely N-dealkylation sites (tertiary alicyclic amines) is 1. The van der Waals surface area contributed by atoms with Crippen LogP contribution in [0.5, 0.6) is 0 Å². The molecule has 1 aliphatic heterocycles. The van der Waals surface area contributed by atoms with Crippen molar-refractivity contribution in [3.8, 4) is 6.07 Å². The molecule has 1 unspecified atom stereocenters. The predicted molar refractivity (Wildman–Crippen MR) is 64.9 cm³/mol. The number of nitriles is 1. The summed E-state index contributed by atoms with van der Waals surface area (Å²) in [5, 5.41) is 8.65. The van der Waals surface area contributed by atoms with Crippen molar-refractivity contribution >= 4 is 0 Å². The topological polar surface area (TPSA) is 27.0 Å². The number of hydrogen-bond donors (Lipinski definition) is 0. The number of rotatable bonds is 4. The monoisotopic (exact) mass is 214 g/mol. The molecule has 0 aliphatic carbocycles. The van der Waals surface area contributed by atoms with Gasteiger partial charge in [-0.2, -0.15) is 5.26 Å². The fourth-order valence-electron chi connectivity index (χ4n) is 2.34. The zero-order valence-corrected chi connectivity index (χ0v) is 9.60. The predicted octanol–water partition coefficient (Wildman–Crippen LogP) is 2.46. The molecule has 16 heavy (non-hydrogen) atoms. The molecule has 0 spiro atoms. The maximum absolute atomic E-state index is 8.65. The quantitative estimate of drug-likeness (QED) is 0.770. The Hall–Kier alpha value is -1.33. The first-order valence-corrected chi connectivity index (χ1v) is 6.01. The smallest absolute Gasteiger partial charge is 0.0625 e. The first-order valence-electron chi connectivity index (χ1n) is 6.01. The van der Waals surface area contributed by atoms with Crippen molar-refractivity contribution < 1.29 is 0 Å². The first-order chi connectivity index (χ1) is 7.88. The minimum Gasteiger partial charge on any atom is -0.303 e. The molecule has 0 saturated carbocycles. The van der Waals surface area contributed by atoms with Crippen molar-refractivity contribution in [3.05, 3.63) is 35.9 Å². The molecule has 0 bridgehead atoms. The van der Waals surface area contributed by atoms with Gasteiger partial charge < -0.3 is 4.90 Å². The lowest BCUT2D eigenvalue weighted by atomic mass is 10.1. The minimum absolute atomic E-state index is 0.612. The lowest BCUT2D eigenvalue weighted by Crippen LogP contribution is -2.23. The Balaban J connectivity index is 1.74. The van der Waals surface area contributed by atoms with Crippen LogP contribution >= 0.6 is 0 Å². The summed E-state index contributed by atoms with van der Waals surface area (Å²) in [4.78, 5) is 2.48. The minimum atomic E-state index is 0.612. The van der Waals surface area contributed by atoms with E-state index < -0.39 is 0 Å². The molecule has 2 rings (SSSR count). The van der Waals surface area contributed by atoms with Crippen LogP contribution in [0.4, 0.5) is 0 Å².